The van der Waals surface area contributed by atoms with Gasteiger partial charge >= 0.3 is 0 Å². The van der Waals surface area contributed by atoms with E-state index in [1.807, 2.05) is 6.07 Å². The minimum atomic E-state index is -3.51. The van der Waals surface area contributed by atoms with Crippen LogP contribution in [0.4, 0.5) is 5.69 Å². The average Bonchev–Trinajstić information content (AvgIpc) is 2.30. The maximum Gasteiger partial charge on any atom is 0.243 e. The van der Waals surface area contributed by atoms with Gasteiger partial charge in [-0.15, -0.1) is 0 Å². The first-order chi connectivity index (χ1) is 8.02. The van der Waals surface area contributed by atoms with E-state index in [9.17, 15) is 8.42 Å². The van der Waals surface area contributed by atoms with Gasteiger partial charge in [0.05, 0.1) is 11.0 Å². The van der Waals surface area contributed by atoms with Gasteiger partial charge in [0, 0.05) is 25.2 Å². The van der Waals surface area contributed by atoms with Crippen LogP contribution in [-0.2, 0) is 10.0 Å². The maximum atomic E-state index is 12.2. The van der Waals surface area contributed by atoms with Crippen LogP contribution in [0.15, 0.2) is 29.2 Å². The van der Waals surface area contributed by atoms with E-state index in [0.717, 1.165) is 0 Å². The topological polar surface area (TPSA) is 87.2 Å². The van der Waals surface area contributed by atoms with Crippen molar-refractivity contribution in [3.8, 4) is 6.07 Å². The van der Waals surface area contributed by atoms with Gasteiger partial charge in [-0.1, -0.05) is 6.92 Å². The van der Waals surface area contributed by atoms with Crippen molar-refractivity contribution < 1.29 is 8.42 Å². The predicted octanol–water partition coefficient (Wildman–Crippen LogP) is 1.19. The lowest BCUT2D eigenvalue weighted by Gasteiger charge is -2.19. The molecular weight excluding hydrogens is 238 g/mol. The summed E-state index contributed by atoms with van der Waals surface area (Å²) in [4.78, 5) is 0.200. The van der Waals surface area contributed by atoms with E-state index < -0.39 is 10.0 Å². The van der Waals surface area contributed by atoms with Crippen LogP contribution in [0.25, 0.3) is 0 Å². The molecule has 1 rings (SSSR count). The number of sulfonamides is 1. The van der Waals surface area contributed by atoms with E-state index in [-0.39, 0.29) is 17.9 Å². The molecule has 6 heteroatoms. The number of nitrogens with two attached hydrogens (primary N) is 1. The molecule has 17 heavy (non-hydrogen) atoms. The lowest BCUT2D eigenvalue weighted by atomic mass is 10.3. The van der Waals surface area contributed by atoms with Gasteiger partial charge < -0.3 is 5.73 Å². The molecule has 0 radical (unpaired) electrons. The summed E-state index contributed by atoms with van der Waals surface area (Å²) >= 11 is 0. The molecule has 0 aliphatic heterocycles. The number of anilines is 1. The fraction of sp³-hybridized carbons (Fsp3) is 0.364. The zero-order valence-corrected chi connectivity index (χ0v) is 10.4. The summed E-state index contributed by atoms with van der Waals surface area (Å²) in [5.74, 6) is 0. The Labute approximate surface area is 102 Å². The van der Waals surface area contributed by atoms with Crippen LogP contribution in [0, 0.1) is 11.3 Å². The number of hydrogen-bond donors (Lipinski definition) is 1. The van der Waals surface area contributed by atoms with Gasteiger partial charge in [0.25, 0.3) is 0 Å². The molecule has 5 nitrogen and oxygen atoms in total. The van der Waals surface area contributed by atoms with Gasteiger partial charge in [0.15, 0.2) is 0 Å². The molecule has 0 amide bonds. The summed E-state index contributed by atoms with van der Waals surface area (Å²) in [7, 11) is -3.51. The van der Waals surface area contributed by atoms with Crippen molar-refractivity contribution in [1.29, 1.82) is 5.26 Å². The van der Waals surface area contributed by atoms with E-state index in [1.165, 1.54) is 16.4 Å². The molecule has 0 atom stereocenters. The molecule has 0 saturated carbocycles. The number of rotatable bonds is 5. The van der Waals surface area contributed by atoms with Crippen molar-refractivity contribution in [2.75, 3.05) is 18.8 Å². The Morgan fingerprint density at radius 2 is 1.94 bits per heavy atom. The molecule has 0 spiro atoms. The molecule has 0 aliphatic carbocycles. The summed E-state index contributed by atoms with van der Waals surface area (Å²) in [5.41, 5.74) is 6.02. The van der Waals surface area contributed by atoms with Crippen LogP contribution in [-0.4, -0.2) is 25.8 Å². The lowest BCUT2D eigenvalue weighted by Crippen LogP contribution is -2.31. The third kappa shape index (κ3) is 3.19. The molecule has 1 aromatic carbocycles. The summed E-state index contributed by atoms with van der Waals surface area (Å²) in [6.45, 7) is 2.29. The van der Waals surface area contributed by atoms with Gasteiger partial charge in [-0.2, -0.15) is 9.57 Å². The summed E-state index contributed by atoms with van der Waals surface area (Å²) in [5, 5.41) is 8.50. The second kappa shape index (κ2) is 5.66. The number of benzene rings is 1. The summed E-state index contributed by atoms with van der Waals surface area (Å²) in [6.07, 6.45) is 0.183. The van der Waals surface area contributed by atoms with Crippen molar-refractivity contribution >= 4 is 15.7 Å². The monoisotopic (exact) mass is 253 g/mol. The Hall–Kier alpha value is -1.58. The average molecular weight is 253 g/mol. The zero-order chi connectivity index (χ0) is 12.9. The SMILES string of the molecule is CCN(CCC#N)S(=O)(=O)c1ccc(N)cc1. The first kappa shape index (κ1) is 13.5. The second-order valence-electron chi connectivity index (χ2n) is 3.47. The van der Waals surface area contributed by atoms with Crippen LogP contribution in [0.2, 0.25) is 0 Å². The third-order valence-electron chi connectivity index (χ3n) is 2.34. The van der Waals surface area contributed by atoms with Gasteiger partial charge in [-0.25, -0.2) is 8.42 Å². The number of nitriles is 1. The standard InChI is InChI=1S/C11H15N3O2S/c1-2-14(9-3-8-12)17(15,16)11-6-4-10(13)5-7-11/h4-7H,2-3,9,13H2,1H3. The fourth-order valence-electron chi connectivity index (χ4n) is 1.41. The van der Waals surface area contributed by atoms with E-state index in [2.05, 4.69) is 0 Å². The van der Waals surface area contributed by atoms with E-state index >= 15 is 0 Å². The fourth-order valence-corrected chi connectivity index (χ4v) is 2.86. The molecule has 1 aromatic rings. The van der Waals surface area contributed by atoms with Crippen LogP contribution < -0.4 is 5.73 Å². The minimum absolute atomic E-state index is 0.183. The number of nitrogens with zero attached hydrogens (tertiary/aromatic N) is 2. The van der Waals surface area contributed by atoms with Crippen LogP contribution in [0.1, 0.15) is 13.3 Å². The van der Waals surface area contributed by atoms with Crippen LogP contribution in [0.5, 0.6) is 0 Å². The van der Waals surface area contributed by atoms with Gasteiger partial charge in [0.2, 0.25) is 10.0 Å². The quantitative estimate of drug-likeness (QED) is 0.798. The Balaban J connectivity index is 3.00. The molecule has 2 N–H and O–H groups in total. The predicted molar refractivity (Wildman–Crippen MR) is 65.5 cm³/mol. The van der Waals surface area contributed by atoms with Crippen molar-refractivity contribution in [3.63, 3.8) is 0 Å². The lowest BCUT2D eigenvalue weighted by molar-refractivity contribution is 0.435. The molecule has 0 aliphatic rings. The second-order valence-corrected chi connectivity index (χ2v) is 5.41. The molecule has 0 unspecified atom stereocenters. The van der Waals surface area contributed by atoms with Crippen LogP contribution in [0.3, 0.4) is 0 Å². The normalized spacial score (nSPS) is 11.4. The van der Waals surface area contributed by atoms with E-state index in [4.69, 9.17) is 11.0 Å². The number of hydrogen-bond acceptors (Lipinski definition) is 4. The Morgan fingerprint density at radius 1 is 1.35 bits per heavy atom. The van der Waals surface area contributed by atoms with Gasteiger partial charge in [-0.05, 0) is 24.3 Å². The molecule has 0 heterocycles. The van der Waals surface area contributed by atoms with Crippen molar-refractivity contribution in [3.05, 3.63) is 24.3 Å². The maximum absolute atomic E-state index is 12.2. The molecule has 0 fully saturated rings. The number of nitrogen functional groups attached to an aromatic ring is 1. The van der Waals surface area contributed by atoms with Gasteiger partial charge in [0.1, 0.15) is 0 Å². The first-order valence-electron chi connectivity index (χ1n) is 5.25. The minimum Gasteiger partial charge on any atom is -0.399 e. The Bertz CT molecular complexity index is 503. The molecule has 0 bridgehead atoms. The zero-order valence-electron chi connectivity index (χ0n) is 9.63. The highest BCUT2D eigenvalue weighted by atomic mass is 32.2. The van der Waals surface area contributed by atoms with Crippen molar-refractivity contribution in [2.24, 2.45) is 0 Å². The van der Waals surface area contributed by atoms with Crippen LogP contribution >= 0.6 is 0 Å². The first-order valence-corrected chi connectivity index (χ1v) is 6.69. The summed E-state index contributed by atoms with van der Waals surface area (Å²) < 4.78 is 25.6. The highest BCUT2D eigenvalue weighted by Crippen LogP contribution is 2.17. The van der Waals surface area contributed by atoms with Crippen molar-refractivity contribution in [1.82, 2.24) is 4.31 Å². The smallest absolute Gasteiger partial charge is 0.243 e. The van der Waals surface area contributed by atoms with E-state index in [0.29, 0.717) is 12.2 Å². The van der Waals surface area contributed by atoms with Crippen molar-refractivity contribution in [2.45, 2.75) is 18.2 Å². The Kier molecular flexibility index (Phi) is 4.49. The molecular formula is C11H15N3O2S. The summed E-state index contributed by atoms with van der Waals surface area (Å²) in [6, 6.07) is 7.98. The highest BCUT2D eigenvalue weighted by molar-refractivity contribution is 7.89. The van der Waals surface area contributed by atoms with E-state index in [1.54, 1.807) is 19.1 Å². The molecule has 0 aromatic heterocycles. The Morgan fingerprint density at radius 3 is 2.41 bits per heavy atom. The van der Waals surface area contributed by atoms with Gasteiger partial charge in [-0.3, -0.25) is 0 Å². The highest BCUT2D eigenvalue weighted by Gasteiger charge is 2.22. The largest absolute Gasteiger partial charge is 0.399 e. The molecule has 92 valence electrons. The molecule has 0 saturated heterocycles. The third-order valence-corrected chi connectivity index (χ3v) is 4.33.